The van der Waals surface area contributed by atoms with Crippen LogP contribution in [0.5, 0.6) is 11.5 Å². The van der Waals surface area contributed by atoms with Crippen LogP contribution in [0.1, 0.15) is 17.5 Å². The Hall–Kier alpha value is -1.34. The number of hydrogen-bond acceptors (Lipinski definition) is 4. The lowest BCUT2D eigenvalue weighted by Gasteiger charge is -2.15. The summed E-state index contributed by atoms with van der Waals surface area (Å²) >= 11 is 9.58. The van der Waals surface area contributed by atoms with Crippen molar-refractivity contribution in [2.24, 2.45) is 0 Å². The monoisotopic (exact) mass is 445 g/mol. The van der Waals surface area contributed by atoms with Crippen LogP contribution in [0, 0.1) is 5.82 Å². The van der Waals surface area contributed by atoms with Crippen LogP contribution in [0.15, 0.2) is 34.8 Å². The fourth-order valence-corrected chi connectivity index (χ4v) is 3.20. The van der Waals surface area contributed by atoms with Gasteiger partial charge in [-0.15, -0.1) is 0 Å². The van der Waals surface area contributed by atoms with Crippen LogP contribution in [0.3, 0.4) is 0 Å². The second-order valence-electron chi connectivity index (χ2n) is 5.66. The van der Waals surface area contributed by atoms with Gasteiger partial charge in [0.25, 0.3) is 0 Å². The second-order valence-corrected chi connectivity index (χ2v) is 6.92. The largest absolute Gasteiger partial charge is 0.493 e. The zero-order chi connectivity index (χ0) is 18.9. The summed E-state index contributed by atoms with van der Waals surface area (Å²) in [5, 5.41) is 3.69. The summed E-state index contributed by atoms with van der Waals surface area (Å²) in [4.78, 5) is 0. The molecule has 0 atom stereocenters. The van der Waals surface area contributed by atoms with Gasteiger partial charge in [-0.1, -0.05) is 17.7 Å². The standard InChI is InChI=1S/C19H22BrClFNO3/c1-24-7-3-6-23-11-13-8-16(20)19(18(9-13)25-2)26-12-14-4-5-15(22)10-17(14)21/h4-5,8-10,23H,3,6-7,11-12H2,1-2H3. The Balaban J connectivity index is 2.03. The molecule has 26 heavy (non-hydrogen) atoms. The fourth-order valence-electron chi connectivity index (χ4n) is 2.38. The SMILES string of the molecule is COCCCNCc1cc(Br)c(OCc2ccc(F)cc2Cl)c(OC)c1. The third-order valence-electron chi connectivity index (χ3n) is 3.71. The van der Waals surface area contributed by atoms with Gasteiger partial charge in [0.1, 0.15) is 12.4 Å². The number of benzene rings is 2. The Morgan fingerprint density at radius 3 is 2.69 bits per heavy atom. The molecule has 0 aliphatic heterocycles. The molecule has 7 heteroatoms. The van der Waals surface area contributed by atoms with E-state index in [0.717, 1.165) is 29.6 Å². The van der Waals surface area contributed by atoms with Gasteiger partial charge in [0.2, 0.25) is 0 Å². The smallest absolute Gasteiger partial charge is 0.175 e. The number of hydrogen-bond donors (Lipinski definition) is 1. The van der Waals surface area contributed by atoms with Gasteiger partial charge in [0.15, 0.2) is 11.5 Å². The van der Waals surface area contributed by atoms with E-state index in [1.54, 1.807) is 20.3 Å². The maximum atomic E-state index is 13.1. The van der Waals surface area contributed by atoms with Crippen LogP contribution in [0.25, 0.3) is 0 Å². The minimum Gasteiger partial charge on any atom is -0.493 e. The number of nitrogens with one attached hydrogen (secondary N) is 1. The van der Waals surface area contributed by atoms with E-state index in [1.165, 1.54) is 12.1 Å². The minimum atomic E-state index is -0.375. The van der Waals surface area contributed by atoms with Crippen LogP contribution in [0.4, 0.5) is 4.39 Å². The molecule has 2 rings (SSSR count). The van der Waals surface area contributed by atoms with Gasteiger partial charge in [-0.05, 0) is 58.7 Å². The normalized spacial score (nSPS) is 10.8. The molecule has 2 aromatic rings. The Morgan fingerprint density at radius 2 is 2.00 bits per heavy atom. The van der Waals surface area contributed by atoms with Crippen molar-refractivity contribution in [2.75, 3.05) is 27.4 Å². The number of methoxy groups -OCH3 is 2. The van der Waals surface area contributed by atoms with Crippen molar-refractivity contribution in [2.45, 2.75) is 19.6 Å². The first-order valence-corrected chi connectivity index (χ1v) is 9.35. The van der Waals surface area contributed by atoms with Gasteiger partial charge < -0.3 is 19.5 Å². The summed E-state index contributed by atoms with van der Waals surface area (Å²) in [7, 11) is 3.29. The van der Waals surface area contributed by atoms with E-state index in [9.17, 15) is 4.39 Å². The average Bonchev–Trinajstić information content (AvgIpc) is 2.61. The summed E-state index contributed by atoms with van der Waals surface area (Å²) in [5.74, 6) is 0.821. The van der Waals surface area contributed by atoms with Crippen molar-refractivity contribution in [3.63, 3.8) is 0 Å². The first-order chi connectivity index (χ1) is 12.5. The van der Waals surface area contributed by atoms with Crippen LogP contribution in [-0.4, -0.2) is 27.4 Å². The molecule has 0 spiro atoms. The van der Waals surface area contributed by atoms with Gasteiger partial charge in [-0.3, -0.25) is 0 Å². The lowest BCUT2D eigenvalue weighted by molar-refractivity contribution is 0.194. The van der Waals surface area contributed by atoms with E-state index >= 15 is 0 Å². The number of halogens is 3. The van der Waals surface area contributed by atoms with E-state index in [0.29, 0.717) is 28.6 Å². The molecule has 0 unspecified atom stereocenters. The van der Waals surface area contributed by atoms with Crippen molar-refractivity contribution < 1.29 is 18.6 Å². The molecule has 0 saturated heterocycles. The lowest BCUT2D eigenvalue weighted by atomic mass is 10.2. The van der Waals surface area contributed by atoms with E-state index < -0.39 is 0 Å². The van der Waals surface area contributed by atoms with Crippen molar-refractivity contribution in [1.29, 1.82) is 0 Å². The van der Waals surface area contributed by atoms with E-state index in [4.69, 9.17) is 25.8 Å². The maximum Gasteiger partial charge on any atom is 0.175 e. The molecule has 0 aliphatic rings. The fraction of sp³-hybridized carbons (Fsp3) is 0.368. The zero-order valence-corrected chi connectivity index (χ0v) is 17.1. The molecule has 0 heterocycles. The van der Waals surface area contributed by atoms with E-state index in [2.05, 4.69) is 21.2 Å². The average molecular weight is 447 g/mol. The molecule has 0 radical (unpaired) electrons. The van der Waals surface area contributed by atoms with Crippen LogP contribution >= 0.6 is 27.5 Å². The van der Waals surface area contributed by atoms with E-state index in [-0.39, 0.29) is 12.4 Å². The highest BCUT2D eigenvalue weighted by molar-refractivity contribution is 9.10. The Bertz CT molecular complexity index is 730. The van der Waals surface area contributed by atoms with Gasteiger partial charge in [0.05, 0.1) is 16.6 Å². The molecule has 4 nitrogen and oxygen atoms in total. The van der Waals surface area contributed by atoms with Crippen molar-refractivity contribution in [3.8, 4) is 11.5 Å². The number of rotatable bonds is 10. The molecule has 0 fully saturated rings. The summed E-state index contributed by atoms with van der Waals surface area (Å²) in [6.07, 6.45) is 0.953. The summed E-state index contributed by atoms with van der Waals surface area (Å²) in [6, 6.07) is 8.14. The van der Waals surface area contributed by atoms with Crippen molar-refractivity contribution in [3.05, 3.63) is 56.8 Å². The number of ether oxygens (including phenoxy) is 3. The highest BCUT2D eigenvalue weighted by atomic mass is 79.9. The topological polar surface area (TPSA) is 39.7 Å². The van der Waals surface area contributed by atoms with Gasteiger partial charge in [-0.2, -0.15) is 0 Å². The molecule has 0 saturated carbocycles. The first kappa shape index (κ1) is 21.0. The third-order valence-corrected chi connectivity index (χ3v) is 4.65. The molecule has 0 bridgehead atoms. The lowest BCUT2D eigenvalue weighted by Crippen LogP contribution is -2.16. The predicted molar refractivity (Wildman–Crippen MR) is 105 cm³/mol. The van der Waals surface area contributed by atoms with Gasteiger partial charge in [0, 0.05) is 25.8 Å². The highest BCUT2D eigenvalue weighted by Gasteiger charge is 2.13. The molecular weight excluding hydrogens is 425 g/mol. The zero-order valence-electron chi connectivity index (χ0n) is 14.8. The molecule has 142 valence electrons. The molecule has 0 amide bonds. The minimum absolute atomic E-state index is 0.211. The molecule has 1 N–H and O–H groups in total. The van der Waals surface area contributed by atoms with Crippen LogP contribution in [-0.2, 0) is 17.9 Å². The van der Waals surface area contributed by atoms with Gasteiger partial charge >= 0.3 is 0 Å². The second kappa shape index (κ2) is 10.7. The third kappa shape index (κ3) is 6.13. The van der Waals surface area contributed by atoms with Gasteiger partial charge in [-0.25, -0.2) is 4.39 Å². The summed E-state index contributed by atoms with van der Waals surface area (Å²) in [6.45, 7) is 2.53. The van der Waals surface area contributed by atoms with Crippen molar-refractivity contribution in [1.82, 2.24) is 5.32 Å². The predicted octanol–water partition coefficient (Wildman–Crippen LogP) is 4.96. The van der Waals surface area contributed by atoms with Crippen LogP contribution < -0.4 is 14.8 Å². The molecule has 0 aromatic heterocycles. The Morgan fingerprint density at radius 1 is 1.19 bits per heavy atom. The molecular formula is C19H22BrClFNO3. The quantitative estimate of drug-likeness (QED) is 0.524. The summed E-state index contributed by atoms with van der Waals surface area (Å²) < 4.78 is 30.3. The summed E-state index contributed by atoms with van der Waals surface area (Å²) in [5.41, 5.74) is 1.77. The van der Waals surface area contributed by atoms with Crippen molar-refractivity contribution >= 4 is 27.5 Å². The Labute approximate surface area is 166 Å². The van der Waals surface area contributed by atoms with Crippen LogP contribution in [0.2, 0.25) is 5.02 Å². The maximum absolute atomic E-state index is 13.1. The molecule has 0 aliphatic carbocycles. The molecule has 2 aromatic carbocycles. The first-order valence-electron chi connectivity index (χ1n) is 8.18. The highest BCUT2D eigenvalue weighted by Crippen LogP contribution is 2.37. The Kier molecular flexibility index (Phi) is 8.65. The van der Waals surface area contributed by atoms with E-state index in [1.807, 2.05) is 12.1 Å².